The fraction of sp³-hybridized carbons (Fsp3) is 1.00. The largest absolute Gasteiger partial charge is 0.330 e. The van der Waals surface area contributed by atoms with Crippen molar-refractivity contribution < 1.29 is 0 Å². The molecular weight excluding hydrogens is 124 g/mol. The Kier molecular flexibility index (Phi) is 5.64. The molecule has 0 aliphatic heterocycles. The van der Waals surface area contributed by atoms with Gasteiger partial charge in [0.05, 0.1) is 0 Å². The fourth-order valence-corrected chi connectivity index (χ4v) is 1.39. The summed E-state index contributed by atoms with van der Waals surface area (Å²) in [5.41, 5.74) is 5.60. The van der Waals surface area contributed by atoms with Crippen molar-refractivity contribution in [3.8, 4) is 0 Å². The number of nitrogens with two attached hydrogens (primary N) is 1. The Morgan fingerprint density at radius 3 is 2.00 bits per heavy atom. The van der Waals surface area contributed by atoms with Gasteiger partial charge in [-0.2, -0.15) is 0 Å². The van der Waals surface area contributed by atoms with Crippen LogP contribution < -0.4 is 11.1 Å². The van der Waals surface area contributed by atoms with E-state index in [-0.39, 0.29) is 0 Å². The van der Waals surface area contributed by atoms with Crippen LogP contribution in [-0.2, 0) is 0 Å². The molecule has 0 spiro atoms. The zero-order valence-electron chi connectivity index (χ0n) is 7.35. The van der Waals surface area contributed by atoms with E-state index in [1.165, 1.54) is 12.8 Å². The third-order valence-electron chi connectivity index (χ3n) is 2.21. The molecule has 0 aliphatic carbocycles. The van der Waals surface area contributed by atoms with E-state index in [1.807, 2.05) is 7.05 Å². The van der Waals surface area contributed by atoms with Gasteiger partial charge in [0.25, 0.3) is 0 Å². The molecule has 0 saturated carbocycles. The van der Waals surface area contributed by atoms with E-state index >= 15 is 0 Å². The first kappa shape index (κ1) is 9.92. The molecule has 0 bridgehead atoms. The quantitative estimate of drug-likeness (QED) is 0.603. The highest BCUT2D eigenvalue weighted by Gasteiger charge is 2.13. The number of hydrogen-bond acceptors (Lipinski definition) is 2. The standard InChI is InChI=1S/C8H20N2/c1-4-7(6-9)8(5-2)10-3/h7-8,10H,4-6,9H2,1-3H3. The van der Waals surface area contributed by atoms with E-state index in [0.29, 0.717) is 12.0 Å². The Balaban J connectivity index is 3.70. The highest BCUT2D eigenvalue weighted by atomic mass is 14.9. The van der Waals surface area contributed by atoms with Crippen molar-refractivity contribution in [2.24, 2.45) is 11.7 Å². The van der Waals surface area contributed by atoms with Crippen LogP contribution in [0.4, 0.5) is 0 Å². The molecule has 0 aliphatic rings. The Labute approximate surface area is 64.2 Å². The van der Waals surface area contributed by atoms with E-state index in [0.717, 1.165) is 6.54 Å². The predicted octanol–water partition coefficient (Wildman–Crippen LogP) is 0.969. The Morgan fingerprint density at radius 2 is 1.90 bits per heavy atom. The average Bonchev–Trinajstić information content (AvgIpc) is 2.00. The first-order valence-corrected chi connectivity index (χ1v) is 4.17. The summed E-state index contributed by atoms with van der Waals surface area (Å²) in [5, 5.41) is 3.27. The van der Waals surface area contributed by atoms with Gasteiger partial charge in [0.1, 0.15) is 0 Å². The summed E-state index contributed by atoms with van der Waals surface area (Å²) < 4.78 is 0. The van der Waals surface area contributed by atoms with Gasteiger partial charge in [-0.3, -0.25) is 0 Å². The summed E-state index contributed by atoms with van der Waals surface area (Å²) in [6, 6.07) is 0.606. The van der Waals surface area contributed by atoms with Gasteiger partial charge in [-0.05, 0) is 25.9 Å². The van der Waals surface area contributed by atoms with Gasteiger partial charge in [0.2, 0.25) is 0 Å². The topological polar surface area (TPSA) is 38.0 Å². The second kappa shape index (κ2) is 5.69. The lowest BCUT2D eigenvalue weighted by atomic mass is 9.95. The van der Waals surface area contributed by atoms with E-state index < -0.39 is 0 Å². The van der Waals surface area contributed by atoms with Crippen molar-refractivity contribution in [3.05, 3.63) is 0 Å². The lowest BCUT2D eigenvalue weighted by Gasteiger charge is -2.22. The Bertz CT molecular complexity index is 55.7. The van der Waals surface area contributed by atoms with Crippen molar-refractivity contribution in [2.75, 3.05) is 13.6 Å². The summed E-state index contributed by atoms with van der Waals surface area (Å²) in [4.78, 5) is 0. The third kappa shape index (κ3) is 2.67. The van der Waals surface area contributed by atoms with Crippen molar-refractivity contribution in [2.45, 2.75) is 32.7 Å². The molecule has 3 N–H and O–H groups in total. The Morgan fingerprint density at radius 1 is 1.30 bits per heavy atom. The van der Waals surface area contributed by atoms with Crippen molar-refractivity contribution in [1.29, 1.82) is 0 Å². The lowest BCUT2D eigenvalue weighted by Crippen LogP contribution is -2.36. The molecule has 0 amide bonds. The van der Waals surface area contributed by atoms with Crippen molar-refractivity contribution >= 4 is 0 Å². The van der Waals surface area contributed by atoms with Crippen LogP contribution in [0.1, 0.15) is 26.7 Å². The zero-order chi connectivity index (χ0) is 7.98. The van der Waals surface area contributed by atoms with E-state index in [9.17, 15) is 0 Å². The molecule has 0 aromatic rings. The van der Waals surface area contributed by atoms with Crippen LogP contribution in [0, 0.1) is 5.92 Å². The zero-order valence-corrected chi connectivity index (χ0v) is 7.35. The molecule has 0 saturated heterocycles. The SMILES string of the molecule is CCC(CN)C(CC)NC. The molecule has 62 valence electrons. The highest BCUT2D eigenvalue weighted by Crippen LogP contribution is 2.08. The smallest absolute Gasteiger partial charge is 0.0102 e. The lowest BCUT2D eigenvalue weighted by molar-refractivity contribution is 0.360. The number of nitrogens with one attached hydrogen (secondary N) is 1. The van der Waals surface area contributed by atoms with Gasteiger partial charge >= 0.3 is 0 Å². The number of rotatable bonds is 5. The Hall–Kier alpha value is -0.0800. The van der Waals surface area contributed by atoms with E-state index in [4.69, 9.17) is 5.73 Å². The van der Waals surface area contributed by atoms with Crippen LogP contribution in [0.25, 0.3) is 0 Å². The molecule has 2 atom stereocenters. The molecule has 0 rings (SSSR count). The maximum Gasteiger partial charge on any atom is 0.0102 e. The minimum atomic E-state index is 0.606. The van der Waals surface area contributed by atoms with Gasteiger partial charge in [-0.15, -0.1) is 0 Å². The molecule has 2 unspecified atom stereocenters. The second-order valence-corrected chi connectivity index (χ2v) is 2.71. The second-order valence-electron chi connectivity index (χ2n) is 2.71. The molecule has 0 aromatic heterocycles. The molecule has 0 fully saturated rings. The molecule has 0 radical (unpaired) electrons. The van der Waals surface area contributed by atoms with Gasteiger partial charge in [0, 0.05) is 6.04 Å². The summed E-state index contributed by atoms with van der Waals surface area (Å²) >= 11 is 0. The molecule has 0 aromatic carbocycles. The first-order valence-electron chi connectivity index (χ1n) is 4.17. The van der Waals surface area contributed by atoms with E-state index in [1.54, 1.807) is 0 Å². The van der Waals surface area contributed by atoms with Crippen LogP contribution in [0.2, 0.25) is 0 Å². The van der Waals surface area contributed by atoms with Crippen LogP contribution in [0.15, 0.2) is 0 Å². The molecule has 2 nitrogen and oxygen atoms in total. The molecule has 0 heterocycles. The van der Waals surface area contributed by atoms with Crippen LogP contribution in [0.5, 0.6) is 0 Å². The van der Waals surface area contributed by atoms with Crippen LogP contribution in [-0.4, -0.2) is 19.6 Å². The van der Waals surface area contributed by atoms with Crippen LogP contribution in [0.3, 0.4) is 0 Å². The number of hydrogen-bond donors (Lipinski definition) is 2. The molecule has 2 heteroatoms. The van der Waals surface area contributed by atoms with Gasteiger partial charge in [0.15, 0.2) is 0 Å². The van der Waals surface area contributed by atoms with Crippen LogP contribution >= 0.6 is 0 Å². The minimum Gasteiger partial charge on any atom is -0.330 e. The predicted molar refractivity (Wildman–Crippen MR) is 46.0 cm³/mol. The van der Waals surface area contributed by atoms with E-state index in [2.05, 4.69) is 19.2 Å². The van der Waals surface area contributed by atoms with Gasteiger partial charge in [-0.25, -0.2) is 0 Å². The third-order valence-corrected chi connectivity index (χ3v) is 2.21. The summed E-state index contributed by atoms with van der Waals surface area (Å²) in [5.74, 6) is 0.648. The minimum absolute atomic E-state index is 0.606. The molecular formula is C8H20N2. The average molecular weight is 144 g/mol. The van der Waals surface area contributed by atoms with Gasteiger partial charge in [-0.1, -0.05) is 20.3 Å². The summed E-state index contributed by atoms with van der Waals surface area (Å²) in [6.07, 6.45) is 2.35. The van der Waals surface area contributed by atoms with Crippen molar-refractivity contribution in [3.63, 3.8) is 0 Å². The maximum atomic E-state index is 5.60. The first-order chi connectivity index (χ1) is 4.79. The normalized spacial score (nSPS) is 16.8. The van der Waals surface area contributed by atoms with Crippen molar-refractivity contribution in [1.82, 2.24) is 5.32 Å². The molecule has 10 heavy (non-hydrogen) atoms. The maximum absolute atomic E-state index is 5.60. The highest BCUT2D eigenvalue weighted by molar-refractivity contribution is 4.72. The monoisotopic (exact) mass is 144 g/mol. The van der Waals surface area contributed by atoms with Gasteiger partial charge < -0.3 is 11.1 Å². The summed E-state index contributed by atoms with van der Waals surface area (Å²) in [7, 11) is 2.01. The fourth-order valence-electron chi connectivity index (χ4n) is 1.39. The summed E-state index contributed by atoms with van der Waals surface area (Å²) in [6.45, 7) is 5.19.